The Morgan fingerprint density at radius 2 is 2.67 bits per heavy atom. The van der Waals surface area contributed by atoms with Crippen LogP contribution in [0.3, 0.4) is 0 Å². The molecular formula is C6H12N6. The number of hydrogen-bond acceptors (Lipinski definition) is 3. The first kappa shape index (κ1) is 8.54. The second-order valence-corrected chi connectivity index (χ2v) is 2.18. The van der Waals surface area contributed by atoms with E-state index in [9.17, 15) is 0 Å². The third kappa shape index (κ3) is 2.24. The standard InChI is InChI=1S/C6H12N6/c1-8-6(12-7)9-2-5-3-10-11-4-5/h3-4H,2,7H2,1H3,(H,10,11)(H2,8,9,12). The van der Waals surface area contributed by atoms with E-state index in [1.54, 1.807) is 19.4 Å². The van der Waals surface area contributed by atoms with Crippen LogP contribution in [0, 0.1) is 0 Å². The topological polar surface area (TPSA) is 91.1 Å². The van der Waals surface area contributed by atoms with Gasteiger partial charge in [-0.1, -0.05) is 0 Å². The maximum atomic E-state index is 5.16. The summed E-state index contributed by atoms with van der Waals surface area (Å²) in [5.74, 6) is 5.71. The highest BCUT2D eigenvalue weighted by Crippen LogP contribution is 1.90. The molecule has 1 aromatic rings. The predicted octanol–water partition coefficient (Wildman–Crippen LogP) is -1.05. The van der Waals surface area contributed by atoms with Crippen molar-refractivity contribution in [1.29, 1.82) is 0 Å². The molecule has 0 aliphatic heterocycles. The molecule has 0 aliphatic rings. The van der Waals surface area contributed by atoms with E-state index in [-0.39, 0.29) is 0 Å². The van der Waals surface area contributed by atoms with Gasteiger partial charge in [0.2, 0.25) is 5.96 Å². The summed E-state index contributed by atoms with van der Waals surface area (Å²) in [4.78, 5) is 3.84. The predicted molar refractivity (Wildman–Crippen MR) is 46.1 cm³/mol. The fourth-order valence-electron chi connectivity index (χ4n) is 0.755. The van der Waals surface area contributed by atoms with Crippen LogP contribution in [0.4, 0.5) is 0 Å². The summed E-state index contributed by atoms with van der Waals surface area (Å²) in [6, 6.07) is 0. The number of nitrogens with zero attached hydrogens (tertiary/aromatic N) is 2. The molecule has 0 atom stereocenters. The van der Waals surface area contributed by atoms with E-state index in [4.69, 9.17) is 5.84 Å². The number of aliphatic imine (C=N–C) groups is 1. The zero-order chi connectivity index (χ0) is 8.81. The number of rotatable bonds is 2. The third-order valence-electron chi connectivity index (χ3n) is 1.38. The van der Waals surface area contributed by atoms with Crippen LogP contribution >= 0.6 is 0 Å². The lowest BCUT2D eigenvalue weighted by Gasteiger charge is -2.05. The minimum absolute atomic E-state index is 0.552. The molecule has 0 unspecified atom stereocenters. The van der Waals surface area contributed by atoms with Gasteiger partial charge in [-0.3, -0.25) is 15.5 Å². The number of nitrogens with one attached hydrogen (secondary N) is 3. The summed E-state index contributed by atoms with van der Waals surface area (Å²) in [6.07, 6.45) is 3.54. The van der Waals surface area contributed by atoms with Crippen LogP contribution in [0.25, 0.3) is 0 Å². The Bertz CT molecular complexity index is 239. The van der Waals surface area contributed by atoms with E-state index in [0.29, 0.717) is 12.5 Å². The molecule has 0 saturated carbocycles. The van der Waals surface area contributed by atoms with Crippen LogP contribution in [0.2, 0.25) is 0 Å². The van der Waals surface area contributed by atoms with E-state index in [2.05, 4.69) is 25.9 Å². The van der Waals surface area contributed by atoms with E-state index in [1.807, 2.05) is 0 Å². The summed E-state index contributed by atoms with van der Waals surface area (Å²) in [5, 5.41) is 9.48. The second-order valence-electron chi connectivity index (χ2n) is 2.18. The number of nitrogens with two attached hydrogens (primary N) is 1. The van der Waals surface area contributed by atoms with Crippen LogP contribution in [-0.4, -0.2) is 23.2 Å². The third-order valence-corrected chi connectivity index (χ3v) is 1.38. The van der Waals surface area contributed by atoms with Crippen molar-refractivity contribution in [3.8, 4) is 0 Å². The second kappa shape index (κ2) is 4.35. The van der Waals surface area contributed by atoms with Gasteiger partial charge in [-0.15, -0.1) is 0 Å². The van der Waals surface area contributed by atoms with E-state index in [1.165, 1.54) is 0 Å². The first-order chi connectivity index (χ1) is 5.86. The van der Waals surface area contributed by atoms with Crippen LogP contribution < -0.4 is 16.6 Å². The Hall–Kier alpha value is -1.56. The lowest BCUT2D eigenvalue weighted by molar-refractivity contribution is 0.841. The molecule has 0 aromatic carbocycles. The molecule has 0 amide bonds. The molecule has 1 heterocycles. The van der Waals surface area contributed by atoms with Crippen LogP contribution in [0.5, 0.6) is 0 Å². The Balaban J connectivity index is 2.35. The molecule has 1 aromatic heterocycles. The molecule has 6 heteroatoms. The summed E-state index contributed by atoms with van der Waals surface area (Å²) in [6.45, 7) is 0.646. The van der Waals surface area contributed by atoms with Gasteiger partial charge in [0, 0.05) is 25.4 Å². The summed E-state index contributed by atoms with van der Waals surface area (Å²) in [7, 11) is 1.65. The van der Waals surface area contributed by atoms with Crippen LogP contribution in [0.15, 0.2) is 17.4 Å². The average Bonchev–Trinajstić information content (AvgIpc) is 2.59. The minimum atomic E-state index is 0.552. The maximum Gasteiger partial charge on any atom is 0.205 e. The zero-order valence-corrected chi connectivity index (χ0v) is 6.83. The van der Waals surface area contributed by atoms with Crippen molar-refractivity contribution < 1.29 is 0 Å². The van der Waals surface area contributed by atoms with Crippen LogP contribution in [0.1, 0.15) is 5.56 Å². The highest BCUT2D eigenvalue weighted by molar-refractivity contribution is 5.78. The molecule has 1 rings (SSSR count). The number of aromatic nitrogens is 2. The van der Waals surface area contributed by atoms with Gasteiger partial charge in [0.1, 0.15) is 0 Å². The molecular weight excluding hydrogens is 156 g/mol. The molecule has 0 fully saturated rings. The number of guanidine groups is 1. The SMILES string of the molecule is CN=C(NN)NCc1cn[nH]c1. The zero-order valence-electron chi connectivity index (χ0n) is 6.83. The van der Waals surface area contributed by atoms with Gasteiger partial charge in [0.25, 0.3) is 0 Å². The Labute approximate surface area is 70.2 Å². The first-order valence-electron chi connectivity index (χ1n) is 3.51. The molecule has 66 valence electrons. The van der Waals surface area contributed by atoms with Gasteiger partial charge in [-0.2, -0.15) is 5.10 Å². The van der Waals surface area contributed by atoms with Crippen molar-refractivity contribution in [3.05, 3.63) is 18.0 Å². The lowest BCUT2D eigenvalue weighted by Crippen LogP contribution is -2.40. The van der Waals surface area contributed by atoms with Crippen molar-refractivity contribution in [3.63, 3.8) is 0 Å². The van der Waals surface area contributed by atoms with E-state index < -0.39 is 0 Å². The van der Waals surface area contributed by atoms with Gasteiger partial charge in [0.05, 0.1) is 6.20 Å². The molecule has 0 aliphatic carbocycles. The summed E-state index contributed by atoms with van der Waals surface area (Å²) >= 11 is 0. The number of hydrogen-bond donors (Lipinski definition) is 4. The van der Waals surface area contributed by atoms with Crippen molar-refractivity contribution in [2.24, 2.45) is 10.8 Å². The van der Waals surface area contributed by atoms with Gasteiger partial charge in [-0.05, 0) is 0 Å². The Morgan fingerprint density at radius 1 is 1.83 bits per heavy atom. The van der Waals surface area contributed by atoms with Gasteiger partial charge in [-0.25, -0.2) is 5.84 Å². The Morgan fingerprint density at radius 3 is 3.17 bits per heavy atom. The molecule has 0 saturated heterocycles. The molecule has 0 radical (unpaired) electrons. The van der Waals surface area contributed by atoms with Crippen molar-refractivity contribution >= 4 is 5.96 Å². The normalized spacial score (nSPS) is 11.3. The van der Waals surface area contributed by atoms with Crippen molar-refractivity contribution in [1.82, 2.24) is 20.9 Å². The smallest absolute Gasteiger partial charge is 0.205 e. The quantitative estimate of drug-likeness (QED) is 0.196. The fourth-order valence-corrected chi connectivity index (χ4v) is 0.755. The van der Waals surface area contributed by atoms with Crippen molar-refractivity contribution in [2.45, 2.75) is 6.54 Å². The number of H-pyrrole nitrogens is 1. The van der Waals surface area contributed by atoms with Gasteiger partial charge < -0.3 is 5.32 Å². The average molecular weight is 168 g/mol. The van der Waals surface area contributed by atoms with Crippen LogP contribution in [-0.2, 0) is 6.54 Å². The molecule has 0 spiro atoms. The lowest BCUT2D eigenvalue weighted by atomic mass is 10.4. The molecule has 6 nitrogen and oxygen atoms in total. The maximum absolute atomic E-state index is 5.16. The largest absolute Gasteiger partial charge is 0.351 e. The number of hydrazine groups is 1. The Kier molecular flexibility index (Phi) is 3.09. The van der Waals surface area contributed by atoms with E-state index >= 15 is 0 Å². The van der Waals surface area contributed by atoms with E-state index in [0.717, 1.165) is 5.56 Å². The highest BCUT2D eigenvalue weighted by atomic mass is 15.3. The molecule has 5 N–H and O–H groups in total. The monoisotopic (exact) mass is 168 g/mol. The minimum Gasteiger partial charge on any atom is -0.351 e. The summed E-state index contributed by atoms with van der Waals surface area (Å²) in [5.41, 5.74) is 3.47. The molecule has 12 heavy (non-hydrogen) atoms. The first-order valence-corrected chi connectivity index (χ1v) is 3.51. The fraction of sp³-hybridized carbons (Fsp3) is 0.333. The van der Waals surface area contributed by atoms with Gasteiger partial charge >= 0.3 is 0 Å². The highest BCUT2D eigenvalue weighted by Gasteiger charge is 1.95. The summed E-state index contributed by atoms with van der Waals surface area (Å²) < 4.78 is 0. The number of aromatic amines is 1. The molecule has 0 bridgehead atoms. The van der Waals surface area contributed by atoms with Gasteiger partial charge in [0.15, 0.2) is 0 Å². The van der Waals surface area contributed by atoms with Crippen molar-refractivity contribution in [2.75, 3.05) is 7.05 Å².